The van der Waals surface area contributed by atoms with Crippen molar-refractivity contribution in [2.75, 3.05) is 7.11 Å². The first-order chi connectivity index (χ1) is 10.6. The van der Waals surface area contributed by atoms with E-state index in [4.69, 9.17) is 62.7 Å². The third-order valence-electron chi connectivity index (χ3n) is 2.79. The average molecular weight is 425 g/mol. The lowest BCUT2D eigenvalue weighted by atomic mass is 10.1. The number of pyridine rings is 1. The minimum Gasteiger partial charge on any atom is -0.497 e. The monoisotopic (exact) mass is 423 g/mol. The molecular weight excluding hydrogens is 420 g/mol. The molecule has 0 unspecified atom stereocenters. The Morgan fingerprint density at radius 1 is 0.870 bits per heavy atom. The summed E-state index contributed by atoms with van der Waals surface area (Å²) in [5.41, 5.74) is -1.45. The van der Waals surface area contributed by atoms with Crippen molar-refractivity contribution in [3.05, 3.63) is 42.9 Å². The summed E-state index contributed by atoms with van der Waals surface area (Å²) in [6.07, 6.45) is -4.69. The van der Waals surface area contributed by atoms with Gasteiger partial charge in [0.2, 0.25) is 0 Å². The van der Waals surface area contributed by atoms with Crippen LogP contribution in [-0.4, -0.2) is 12.1 Å². The lowest BCUT2D eigenvalue weighted by Gasteiger charge is -2.15. The molecule has 0 saturated heterocycles. The molecule has 0 fully saturated rings. The lowest BCUT2D eigenvalue weighted by Crippen LogP contribution is -2.09. The third kappa shape index (κ3) is 3.59. The molecule has 10 heteroatoms. The van der Waals surface area contributed by atoms with Gasteiger partial charge in [0, 0.05) is 17.7 Å². The first kappa shape index (κ1) is 18.7. The van der Waals surface area contributed by atoms with Crippen LogP contribution in [0.5, 0.6) is 5.75 Å². The van der Waals surface area contributed by atoms with E-state index in [1.54, 1.807) is 0 Å². The van der Waals surface area contributed by atoms with Crippen LogP contribution in [0.2, 0.25) is 25.1 Å². The number of ether oxygens (including phenoxy) is 1. The molecule has 0 spiro atoms. The molecule has 0 radical (unpaired) electrons. The minimum absolute atomic E-state index is 0.0721. The maximum atomic E-state index is 13.0. The van der Waals surface area contributed by atoms with Crippen LogP contribution in [0.4, 0.5) is 13.2 Å². The van der Waals surface area contributed by atoms with Crippen LogP contribution in [0.15, 0.2) is 12.1 Å². The zero-order chi connectivity index (χ0) is 17.5. The topological polar surface area (TPSA) is 22.1 Å². The Bertz CT molecular complexity index is 750. The highest BCUT2D eigenvalue weighted by Gasteiger charge is 2.34. The van der Waals surface area contributed by atoms with Crippen molar-refractivity contribution < 1.29 is 17.9 Å². The number of rotatable bonds is 2. The molecule has 0 N–H and O–H groups in total. The Morgan fingerprint density at radius 3 is 1.78 bits per heavy atom. The largest absolute Gasteiger partial charge is 0.497 e. The van der Waals surface area contributed by atoms with Gasteiger partial charge < -0.3 is 4.74 Å². The van der Waals surface area contributed by atoms with Crippen LogP contribution in [0, 0.1) is 0 Å². The zero-order valence-electron chi connectivity index (χ0n) is 11.0. The number of benzene rings is 1. The van der Waals surface area contributed by atoms with Crippen LogP contribution in [0.25, 0.3) is 11.3 Å². The average Bonchev–Trinajstić information content (AvgIpc) is 2.50. The van der Waals surface area contributed by atoms with Crippen molar-refractivity contribution in [1.29, 1.82) is 0 Å². The standard InChI is InChI=1S/C13H5Cl5F3NO/c1-23-4-2-5(22-6(3-4)13(19,20)21)7-8(14)10(16)12(18)11(17)9(7)15/h2-3H,1H3. The van der Waals surface area contributed by atoms with E-state index < -0.39 is 11.9 Å². The smallest absolute Gasteiger partial charge is 0.433 e. The normalized spacial score (nSPS) is 11.7. The van der Waals surface area contributed by atoms with E-state index in [2.05, 4.69) is 4.98 Å². The van der Waals surface area contributed by atoms with Gasteiger partial charge in [-0.25, -0.2) is 4.98 Å². The Labute approximate surface area is 154 Å². The maximum Gasteiger partial charge on any atom is 0.433 e. The molecule has 0 aliphatic heterocycles. The van der Waals surface area contributed by atoms with Crippen LogP contribution < -0.4 is 4.74 Å². The first-order valence-corrected chi connectivity index (χ1v) is 7.62. The summed E-state index contributed by atoms with van der Waals surface area (Å²) in [6, 6.07) is 1.97. The summed E-state index contributed by atoms with van der Waals surface area (Å²) in [5, 5.41) is -0.724. The number of alkyl halides is 3. The van der Waals surface area contributed by atoms with Crippen molar-refractivity contribution in [1.82, 2.24) is 4.98 Å². The van der Waals surface area contributed by atoms with Gasteiger partial charge in [0.25, 0.3) is 0 Å². The van der Waals surface area contributed by atoms with E-state index in [1.165, 1.54) is 13.2 Å². The van der Waals surface area contributed by atoms with Crippen molar-refractivity contribution in [2.45, 2.75) is 6.18 Å². The molecule has 0 bridgehead atoms. The SMILES string of the molecule is COc1cc(-c2c(Cl)c(Cl)c(Cl)c(Cl)c2Cl)nc(C(F)(F)F)c1. The van der Waals surface area contributed by atoms with Crippen molar-refractivity contribution in [3.8, 4) is 17.0 Å². The Balaban J connectivity index is 2.82. The van der Waals surface area contributed by atoms with Gasteiger partial charge in [-0.2, -0.15) is 13.2 Å². The van der Waals surface area contributed by atoms with E-state index in [-0.39, 0.29) is 42.1 Å². The number of nitrogens with zero attached hydrogens (tertiary/aromatic N) is 1. The van der Waals surface area contributed by atoms with Crippen molar-refractivity contribution in [2.24, 2.45) is 0 Å². The minimum atomic E-state index is -4.69. The zero-order valence-corrected chi connectivity index (χ0v) is 14.8. The highest BCUT2D eigenvalue weighted by Crippen LogP contribution is 2.48. The Hall–Kier alpha value is -0.590. The van der Waals surface area contributed by atoms with Gasteiger partial charge in [-0.3, -0.25) is 0 Å². The number of hydrogen-bond donors (Lipinski definition) is 0. The Morgan fingerprint density at radius 2 is 1.35 bits per heavy atom. The van der Waals surface area contributed by atoms with E-state index in [0.717, 1.165) is 6.07 Å². The predicted octanol–water partition coefficient (Wildman–Crippen LogP) is 7.04. The van der Waals surface area contributed by atoms with Gasteiger partial charge in [0.1, 0.15) is 11.4 Å². The molecule has 0 aliphatic rings. The fourth-order valence-electron chi connectivity index (χ4n) is 1.73. The molecule has 0 saturated carbocycles. The first-order valence-electron chi connectivity index (χ1n) is 5.73. The number of hydrogen-bond acceptors (Lipinski definition) is 2. The van der Waals surface area contributed by atoms with Crippen LogP contribution in [-0.2, 0) is 6.18 Å². The van der Waals surface area contributed by atoms with E-state index >= 15 is 0 Å². The second-order valence-electron chi connectivity index (χ2n) is 4.22. The molecule has 2 aromatic rings. The molecule has 1 heterocycles. The molecule has 0 atom stereocenters. The van der Waals surface area contributed by atoms with Gasteiger partial charge in [-0.1, -0.05) is 58.0 Å². The van der Waals surface area contributed by atoms with Gasteiger partial charge in [0.05, 0.1) is 37.9 Å². The van der Waals surface area contributed by atoms with E-state index in [1.807, 2.05) is 0 Å². The molecule has 2 rings (SSSR count). The van der Waals surface area contributed by atoms with Gasteiger partial charge in [-0.15, -0.1) is 0 Å². The molecule has 1 aromatic carbocycles. The quantitative estimate of drug-likeness (QED) is 0.380. The molecule has 23 heavy (non-hydrogen) atoms. The number of methoxy groups -OCH3 is 1. The predicted molar refractivity (Wildman–Crippen MR) is 86.3 cm³/mol. The summed E-state index contributed by atoms with van der Waals surface area (Å²) in [7, 11) is 1.21. The van der Waals surface area contributed by atoms with Crippen molar-refractivity contribution in [3.63, 3.8) is 0 Å². The fourth-order valence-corrected chi connectivity index (χ4v) is 3.06. The van der Waals surface area contributed by atoms with Gasteiger partial charge in [0.15, 0.2) is 0 Å². The third-order valence-corrected chi connectivity index (χ3v) is 5.07. The summed E-state index contributed by atoms with van der Waals surface area (Å²) < 4.78 is 43.8. The van der Waals surface area contributed by atoms with E-state index in [9.17, 15) is 13.2 Å². The highest BCUT2D eigenvalue weighted by atomic mass is 35.5. The van der Waals surface area contributed by atoms with Gasteiger partial charge in [-0.05, 0) is 0 Å². The number of halogens is 8. The summed E-state index contributed by atoms with van der Waals surface area (Å²) in [4.78, 5) is 3.52. The number of aromatic nitrogens is 1. The van der Waals surface area contributed by atoms with Crippen LogP contribution in [0.1, 0.15) is 5.69 Å². The summed E-state index contributed by atoms with van der Waals surface area (Å²) >= 11 is 29.8. The molecule has 2 nitrogen and oxygen atoms in total. The Kier molecular flexibility index (Phi) is 5.48. The summed E-state index contributed by atoms with van der Waals surface area (Å²) in [5.74, 6) is -0.0864. The van der Waals surface area contributed by atoms with E-state index in [0.29, 0.717) is 0 Å². The second kappa shape index (κ2) is 6.73. The lowest BCUT2D eigenvalue weighted by molar-refractivity contribution is -0.141. The molecule has 124 valence electrons. The van der Waals surface area contributed by atoms with Crippen LogP contribution >= 0.6 is 58.0 Å². The summed E-state index contributed by atoms with van der Waals surface area (Å²) in [6.45, 7) is 0. The molecule has 0 aliphatic carbocycles. The molecule has 1 aromatic heterocycles. The van der Waals surface area contributed by atoms with Crippen LogP contribution in [0.3, 0.4) is 0 Å². The highest BCUT2D eigenvalue weighted by molar-refractivity contribution is 6.56. The molecule has 0 amide bonds. The second-order valence-corrected chi connectivity index (χ2v) is 6.11. The van der Waals surface area contributed by atoms with Crippen molar-refractivity contribution >= 4 is 58.0 Å². The van der Waals surface area contributed by atoms with Gasteiger partial charge >= 0.3 is 6.18 Å². The fraction of sp³-hybridized carbons (Fsp3) is 0.154. The molecular formula is C13H5Cl5F3NO. The maximum absolute atomic E-state index is 13.0.